The molecular formula is C17H34N4O3. The fourth-order valence-corrected chi connectivity index (χ4v) is 2.57. The van der Waals surface area contributed by atoms with Crippen LogP contribution in [0.5, 0.6) is 0 Å². The summed E-state index contributed by atoms with van der Waals surface area (Å²) in [6.45, 7) is 12.8. The van der Waals surface area contributed by atoms with Gasteiger partial charge in [0.2, 0.25) is 0 Å². The molecule has 0 radical (unpaired) electrons. The highest BCUT2D eigenvalue weighted by atomic mass is 16.5. The van der Waals surface area contributed by atoms with Crippen molar-refractivity contribution in [3.8, 4) is 0 Å². The van der Waals surface area contributed by atoms with Crippen LogP contribution in [-0.4, -0.2) is 87.6 Å². The smallest absolute Gasteiger partial charge is 0.333 e. The van der Waals surface area contributed by atoms with Gasteiger partial charge in [-0.15, -0.1) is 0 Å². The number of esters is 1. The first-order valence-electron chi connectivity index (χ1n) is 8.95. The van der Waals surface area contributed by atoms with Crippen LogP contribution in [0.25, 0.3) is 0 Å². The molecule has 1 heterocycles. The van der Waals surface area contributed by atoms with Crippen molar-refractivity contribution >= 4 is 5.97 Å². The van der Waals surface area contributed by atoms with E-state index in [0.29, 0.717) is 5.57 Å². The van der Waals surface area contributed by atoms with Gasteiger partial charge in [-0.05, 0) is 45.9 Å². The van der Waals surface area contributed by atoms with Gasteiger partial charge in [0.25, 0.3) is 0 Å². The summed E-state index contributed by atoms with van der Waals surface area (Å²) in [5.74, 6) is -0.400. The van der Waals surface area contributed by atoms with Gasteiger partial charge in [0.1, 0.15) is 6.61 Å². The van der Waals surface area contributed by atoms with Gasteiger partial charge in [0.15, 0.2) is 0 Å². The predicted molar refractivity (Wildman–Crippen MR) is 96.1 cm³/mol. The molecule has 1 fully saturated rings. The minimum Gasteiger partial charge on any atom is -0.461 e. The molecule has 7 nitrogen and oxygen atoms in total. The van der Waals surface area contributed by atoms with E-state index >= 15 is 0 Å². The number of aliphatic hydroxyl groups excluding tert-OH is 1. The second-order valence-corrected chi connectivity index (χ2v) is 6.21. The minimum atomic E-state index is -0.400. The minimum absolute atomic E-state index is 0.0270. The van der Waals surface area contributed by atoms with Crippen LogP contribution in [0.3, 0.4) is 0 Å². The van der Waals surface area contributed by atoms with E-state index in [1.165, 1.54) is 0 Å². The van der Waals surface area contributed by atoms with E-state index in [0.717, 1.165) is 65.2 Å². The van der Waals surface area contributed by atoms with Crippen LogP contribution in [0.15, 0.2) is 12.2 Å². The lowest BCUT2D eigenvalue weighted by atomic mass is 10.2. The van der Waals surface area contributed by atoms with E-state index in [-0.39, 0.29) is 19.3 Å². The standard InChI is InChI=1S/C17H34N4O3/c1-15(2)17(23)24-14-16(13-22)21-11-4-7-19-9-8-18-5-3-6-20-10-12-21/h16,18-20,22H,1,3-14H2,2H3. The Labute approximate surface area is 145 Å². The summed E-state index contributed by atoms with van der Waals surface area (Å²) in [7, 11) is 0. The van der Waals surface area contributed by atoms with E-state index in [1.54, 1.807) is 6.92 Å². The quantitative estimate of drug-likeness (QED) is 0.389. The molecule has 24 heavy (non-hydrogen) atoms. The molecule has 1 saturated heterocycles. The van der Waals surface area contributed by atoms with Crippen molar-refractivity contribution in [2.45, 2.75) is 25.8 Å². The zero-order valence-electron chi connectivity index (χ0n) is 15.0. The first-order valence-corrected chi connectivity index (χ1v) is 8.95. The summed E-state index contributed by atoms with van der Waals surface area (Å²) in [4.78, 5) is 13.8. The van der Waals surface area contributed by atoms with Gasteiger partial charge in [-0.3, -0.25) is 4.90 Å². The van der Waals surface area contributed by atoms with Crippen molar-refractivity contribution in [3.05, 3.63) is 12.2 Å². The Morgan fingerprint density at radius 3 is 2.33 bits per heavy atom. The van der Waals surface area contributed by atoms with Crippen LogP contribution in [0.4, 0.5) is 0 Å². The number of nitrogens with zero attached hydrogens (tertiary/aromatic N) is 1. The van der Waals surface area contributed by atoms with Gasteiger partial charge in [0.05, 0.1) is 12.6 Å². The van der Waals surface area contributed by atoms with Crippen LogP contribution < -0.4 is 16.0 Å². The molecule has 0 saturated carbocycles. The summed E-state index contributed by atoms with van der Waals surface area (Å²) in [6, 6.07) is -0.176. The van der Waals surface area contributed by atoms with E-state index in [1.807, 2.05) is 0 Å². The van der Waals surface area contributed by atoms with Crippen LogP contribution >= 0.6 is 0 Å². The zero-order chi connectivity index (χ0) is 17.6. The van der Waals surface area contributed by atoms with Gasteiger partial charge in [-0.25, -0.2) is 4.79 Å². The monoisotopic (exact) mass is 342 g/mol. The van der Waals surface area contributed by atoms with Crippen molar-refractivity contribution in [2.75, 3.05) is 65.6 Å². The fraction of sp³-hybridized carbons (Fsp3) is 0.824. The van der Waals surface area contributed by atoms with Crippen molar-refractivity contribution in [2.24, 2.45) is 0 Å². The van der Waals surface area contributed by atoms with Gasteiger partial charge in [-0.2, -0.15) is 0 Å². The number of carbonyl (C=O) groups excluding carboxylic acids is 1. The number of hydrogen-bond donors (Lipinski definition) is 4. The van der Waals surface area contributed by atoms with Gasteiger partial charge in [-0.1, -0.05) is 6.58 Å². The van der Waals surface area contributed by atoms with Crippen LogP contribution in [0, 0.1) is 0 Å². The number of ether oxygens (including phenoxy) is 1. The first kappa shape index (κ1) is 21.1. The van der Waals surface area contributed by atoms with Gasteiger partial charge < -0.3 is 25.8 Å². The summed E-state index contributed by atoms with van der Waals surface area (Å²) in [6.07, 6.45) is 2.09. The number of nitrogens with one attached hydrogen (secondary N) is 3. The highest BCUT2D eigenvalue weighted by Crippen LogP contribution is 2.03. The zero-order valence-corrected chi connectivity index (χ0v) is 15.0. The average molecular weight is 342 g/mol. The SMILES string of the molecule is C=C(C)C(=O)OCC(CO)N1CCCNCCNCCCNCC1. The molecule has 1 aliphatic heterocycles. The molecule has 0 amide bonds. The van der Waals surface area contributed by atoms with Crippen LogP contribution in [-0.2, 0) is 9.53 Å². The molecule has 0 aromatic carbocycles. The Bertz CT molecular complexity index is 352. The topological polar surface area (TPSA) is 85.9 Å². The third-order valence-corrected chi connectivity index (χ3v) is 4.04. The molecule has 0 aliphatic carbocycles. The fourth-order valence-electron chi connectivity index (χ4n) is 2.57. The molecule has 1 unspecified atom stereocenters. The Kier molecular flexibility index (Phi) is 11.7. The number of hydrogen-bond acceptors (Lipinski definition) is 7. The van der Waals surface area contributed by atoms with E-state index in [9.17, 15) is 9.90 Å². The molecular weight excluding hydrogens is 308 g/mol. The molecule has 0 aromatic heterocycles. The van der Waals surface area contributed by atoms with Crippen molar-refractivity contribution in [1.82, 2.24) is 20.9 Å². The Morgan fingerprint density at radius 1 is 1.08 bits per heavy atom. The first-order chi connectivity index (χ1) is 11.6. The Hall–Kier alpha value is -0.990. The molecule has 4 N–H and O–H groups in total. The molecule has 0 bridgehead atoms. The second kappa shape index (κ2) is 13.3. The maximum absolute atomic E-state index is 11.6. The normalized spacial score (nSPS) is 20.8. The summed E-state index contributed by atoms with van der Waals surface area (Å²) >= 11 is 0. The second-order valence-electron chi connectivity index (χ2n) is 6.21. The van der Waals surface area contributed by atoms with Crippen molar-refractivity contribution in [3.63, 3.8) is 0 Å². The van der Waals surface area contributed by atoms with Gasteiger partial charge in [0, 0.05) is 31.8 Å². The Balaban J connectivity index is 2.49. The maximum Gasteiger partial charge on any atom is 0.333 e. The van der Waals surface area contributed by atoms with Crippen LogP contribution in [0.2, 0.25) is 0 Å². The molecule has 1 atom stereocenters. The molecule has 0 aromatic rings. The molecule has 1 aliphatic rings. The highest BCUT2D eigenvalue weighted by Gasteiger charge is 2.19. The summed E-state index contributed by atoms with van der Waals surface area (Å²) in [5, 5.41) is 20.0. The third kappa shape index (κ3) is 9.34. The molecule has 1 rings (SSSR count). The average Bonchev–Trinajstić information content (AvgIpc) is 2.57. The maximum atomic E-state index is 11.6. The largest absolute Gasteiger partial charge is 0.461 e. The van der Waals surface area contributed by atoms with Gasteiger partial charge >= 0.3 is 5.97 Å². The van der Waals surface area contributed by atoms with Crippen molar-refractivity contribution < 1.29 is 14.6 Å². The molecule has 0 spiro atoms. The molecule has 7 heteroatoms. The van der Waals surface area contributed by atoms with Crippen LogP contribution in [0.1, 0.15) is 19.8 Å². The lowest BCUT2D eigenvalue weighted by Crippen LogP contribution is -2.46. The van der Waals surface area contributed by atoms with E-state index in [4.69, 9.17) is 4.74 Å². The van der Waals surface area contributed by atoms with E-state index < -0.39 is 5.97 Å². The predicted octanol–water partition coefficient (Wildman–Crippen LogP) is -0.669. The highest BCUT2D eigenvalue weighted by molar-refractivity contribution is 5.86. The number of aliphatic hydroxyl groups is 1. The lowest BCUT2D eigenvalue weighted by molar-refractivity contribution is -0.141. The number of carbonyl (C=O) groups is 1. The van der Waals surface area contributed by atoms with E-state index in [2.05, 4.69) is 27.4 Å². The summed E-state index contributed by atoms with van der Waals surface area (Å²) in [5.41, 5.74) is 0.382. The Morgan fingerprint density at radius 2 is 1.71 bits per heavy atom. The molecule has 140 valence electrons. The number of rotatable bonds is 5. The summed E-state index contributed by atoms with van der Waals surface area (Å²) < 4.78 is 5.23. The third-order valence-electron chi connectivity index (χ3n) is 4.04. The lowest BCUT2D eigenvalue weighted by Gasteiger charge is -2.30. The van der Waals surface area contributed by atoms with Crippen molar-refractivity contribution in [1.29, 1.82) is 0 Å².